The van der Waals surface area contributed by atoms with Crippen LogP contribution in [0.2, 0.25) is 0 Å². The minimum absolute atomic E-state index is 0.136. The number of rotatable bonds is 4. The first-order valence-electron chi connectivity index (χ1n) is 12.9. The van der Waals surface area contributed by atoms with Gasteiger partial charge in [0.15, 0.2) is 5.79 Å². The number of fused-ring (bicyclic) bond motifs is 7. The molecule has 0 radical (unpaired) electrons. The van der Waals surface area contributed by atoms with Gasteiger partial charge in [-0.3, -0.25) is 0 Å². The SMILES string of the molecule is CC/C=C/CCC1(O)OC2CC3C4CC=C5CC(O)CCC5(O)C4CCC3(C)C2C1C. The van der Waals surface area contributed by atoms with E-state index in [1.54, 1.807) is 0 Å². The molecule has 4 aliphatic carbocycles. The molecule has 0 aromatic heterocycles. The smallest absolute Gasteiger partial charge is 0.169 e. The lowest BCUT2D eigenvalue weighted by Crippen LogP contribution is -2.55. The molecule has 10 unspecified atom stereocenters. The lowest BCUT2D eigenvalue weighted by Gasteiger charge is -2.57. The van der Waals surface area contributed by atoms with Crippen molar-refractivity contribution < 1.29 is 20.1 Å². The maximum absolute atomic E-state index is 11.7. The number of aliphatic hydroxyl groups is 3. The molecule has 0 aromatic carbocycles. The van der Waals surface area contributed by atoms with E-state index in [1.165, 1.54) is 0 Å². The molecule has 10 atom stereocenters. The summed E-state index contributed by atoms with van der Waals surface area (Å²) >= 11 is 0. The number of ether oxygens (including phenoxy) is 1. The van der Waals surface area contributed by atoms with Crippen LogP contribution in [-0.2, 0) is 4.74 Å². The van der Waals surface area contributed by atoms with E-state index in [9.17, 15) is 15.3 Å². The third-order valence-corrected chi connectivity index (χ3v) is 10.3. The Morgan fingerprint density at radius 1 is 1.16 bits per heavy atom. The van der Waals surface area contributed by atoms with Crippen molar-refractivity contribution in [3.05, 3.63) is 23.8 Å². The average Bonchev–Trinajstić information content (AvgIpc) is 3.16. The van der Waals surface area contributed by atoms with Crippen molar-refractivity contribution in [3.63, 3.8) is 0 Å². The second kappa shape index (κ2) is 7.68. The van der Waals surface area contributed by atoms with E-state index in [1.807, 2.05) is 0 Å². The third-order valence-electron chi connectivity index (χ3n) is 10.3. The highest BCUT2D eigenvalue weighted by molar-refractivity contribution is 5.28. The average molecular weight is 431 g/mol. The van der Waals surface area contributed by atoms with Crippen molar-refractivity contribution in [3.8, 4) is 0 Å². The minimum atomic E-state index is -1.00. The van der Waals surface area contributed by atoms with Crippen LogP contribution in [0.1, 0.15) is 85.0 Å². The molecule has 174 valence electrons. The Balaban J connectivity index is 1.36. The Kier molecular flexibility index (Phi) is 5.49. The van der Waals surface area contributed by atoms with Gasteiger partial charge in [0.2, 0.25) is 0 Å². The van der Waals surface area contributed by atoms with Crippen molar-refractivity contribution >= 4 is 0 Å². The standard InChI is InChI=1S/C27H42O4/c1-4-5-6-7-12-27(30)17(2)24-23(31-27)16-22-20-9-8-18-15-19(28)10-14-26(18,29)21(20)11-13-25(22,24)3/h5-6,8,17,19-24,28-30H,4,7,9-16H2,1-3H3/b6-5+. The van der Waals surface area contributed by atoms with Crippen molar-refractivity contribution in [1.29, 1.82) is 0 Å². The van der Waals surface area contributed by atoms with E-state index in [0.29, 0.717) is 49.4 Å². The van der Waals surface area contributed by atoms with Crippen LogP contribution in [0.15, 0.2) is 23.8 Å². The van der Waals surface area contributed by atoms with Crippen LogP contribution in [0.25, 0.3) is 0 Å². The number of hydrogen-bond donors (Lipinski definition) is 3. The van der Waals surface area contributed by atoms with Gasteiger partial charge in [0.05, 0.1) is 17.8 Å². The summed E-state index contributed by atoms with van der Waals surface area (Å²) in [6.45, 7) is 6.80. The molecular formula is C27H42O4. The Bertz CT molecular complexity index is 760. The molecule has 3 N–H and O–H groups in total. The third kappa shape index (κ3) is 3.23. The molecule has 0 aromatic rings. The summed E-state index contributed by atoms with van der Waals surface area (Å²) in [6.07, 6.45) is 15.3. The zero-order valence-electron chi connectivity index (χ0n) is 19.6. The molecule has 0 spiro atoms. The molecular weight excluding hydrogens is 388 g/mol. The van der Waals surface area contributed by atoms with Crippen molar-refractivity contribution in [2.24, 2.45) is 35.0 Å². The molecule has 4 fully saturated rings. The zero-order chi connectivity index (χ0) is 22.0. The molecule has 5 rings (SSSR count). The highest BCUT2D eigenvalue weighted by atomic mass is 16.6. The minimum Gasteiger partial charge on any atom is -0.393 e. The predicted molar refractivity (Wildman–Crippen MR) is 121 cm³/mol. The number of aliphatic hydroxyl groups excluding tert-OH is 1. The molecule has 0 amide bonds. The molecule has 1 heterocycles. The van der Waals surface area contributed by atoms with Crippen molar-refractivity contribution in [2.45, 2.75) is 109 Å². The first-order chi connectivity index (χ1) is 14.7. The number of allylic oxidation sites excluding steroid dienone is 3. The lowest BCUT2D eigenvalue weighted by molar-refractivity contribution is -0.218. The molecule has 5 aliphatic rings. The van der Waals surface area contributed by atoms with Gasteiger partial charge in [0, 0.05) is 12.3 Å². The highest BCUT2D eigenvalue weighted by Crippen LogP contribution is 2.68. The Labute approximate surface area is 187 Å². The molecule has 4 nitrogen and oxygen atoms in total. The zero-order valence-corrected chi connectivity index (χ0v) is 19.6. The second-order valence-electron chi connectivity index (χ2n) is 11.7. The van der Waals surface area contributed by atoms with E-state index < -0.39 is 11.4 Å². The van der Waals surface area contributed by atoms with Crippen LogP contribution in [0, 0.1) is 35.0 Å². The van der Waals surface area contributed by atoms with Crippen LogP contribution in [0.4, 0.5) is 0 Å². The van der Waals surface area contributed by atoms with Crippen LogP contribution >= 0.6 is 0 Å². The van der Waals surface area contributed by atoms with E-state index in [4.69, 9.17) is 4.74 Å². The number of hydrogen-bond acceptors (Lipinski definition) is 4. The van der Waals surface area contributed by atoms with Crippen molar-refractivity contribution in [2.75, 3.05) is 0 Å². The lowest BCUT2D eigenvalue weighted by atomic mass is 9.49. The fourth-order valence-corrected chi connectivity index (χ4v) is 8.80. The van der Waals surface area contributed by atoms with E-state index in [2.05, 4.69) is 39.0 Å². The normalized spacial score (nSPS) is 53.6. The fraction of sp³-hybridized carbons (Fsp3) is 0.852. The molecule has 3 saturated carbocycles. The monoisotopic (exact) mass is 430 g/mol. The molecule has 0 bridgehead atoms. The Morgan fingerprint density at radius 3 is 2.74 bits per heavy atom. The fourth-order valence-electron chi connectivity index (χ4n) is 8.80. The van der Waals surface area contributed by atoms with Gasteiger partial charge in [-0.05, 0) is 92.4 Å². The van der Waals surface area contributed by atoms with Gasteiger partial charge in [-0.2, -0.15) is 0 Å². The summed E-state index contributed by atoms with van der Waals surface area (Å²) in [6, 6.07) is 0. The van der Waals surface area contributed by atoms with Gasteiger partial charge < -0.3 is 20.1 Å². The van der Waals surface area contributed by atoms with Gasteiger partial charge in [-0.1, -0.05) is 39.0 Å². The van der Waals surface area contributed by atoms with E-state index in [-0.39, 0.29) is 23.5 Å². The second-order valence-corrected chi connectivity index (χ2v) is 11.7. The van der Waals surface area contributed by atoms with Gasteiger partial charge in [-0.25, -0.2) is 0 Å². The summed E-state index contributed by atoms with van der Waals surface area (Å²) in [7, 11) is 0. The highest BCUT2D eigenvalue weighted by Gasteiger charge is 2.68. The summed E-state index contributed by atoms with van der Waals surface area (Å²) in [4.78, 5) is 0. The summed E-state index contributed by atoms with van der Waals surface area (Å²) < 4.78 is 6.46. The first kappa shape index (κ1) is 22.1. The first-order valence-corrected chi connectivity index (χ1v) is 12.9. The van der Waals surface area contributed by atoms with Gasteiger partial charge in [0.1, 0.15) is 0 Å². The van der Waals surface area contributed by atoms with Gasteiger partial charge >= 0.3 is 0 Å². The molecule has 4 heteroatoms. The van der Waals surface area contributed by atoms with Crippen LogP contribution in [0.3, 0.4) is 0 Å². The summed E-state index contributed by atoms with van der Waals surface area (Å²) in [5, 5.41) is 33.3. The van der Waals surface area contributed by atoms with Crippen LogP contribution in [0.5, 0.6) is 0 Å². The molecule has 31 heavy (non-hydrogen) atoms. The van der Waals surface area contributed by atoms with Crippen LogP contribution in [-0.4, -0.2) is 38.9 Å². The quantitative estimate of drug-likeness (QED) is 0.564. The van der Waals surface area contributed by atoms with Gasteiger partial charge in [-0.15, -0.1) is 0 Å². The summed E-state index contributed by atoms with van der Waals surface area (Å²) in [5.41, 5.74) is 0.568. The maximum atomic E-state index is 11.7. The summed E-state index contributed by atoms with van der Waals surface area (Å²) in [5.74, 6) is 0.876. The van der Waals surface area contributed by atoms with E-state index >= 15 is 0 Å². The predicted octanol–water partition coefficient (Wildman–Crippen LogP) is 4.73. The Morgan fingerprint density at radius 2 is 1.97 bits per heavy atom. The Hall–Kier alpha value is -0.680. The molecule has 1 saturated heterocycles. The van der Waals surface area contributed by atoms with Crippen LogP contribution < -0.4 is 0 Å². The van der Waals surface area contributed by atoms with Crippen molar-refractivity contribution in [1.82, 2.24) is 0 Å². The maximum Gasteiger partial charge on any atom is 0.169 e. The topological polar surface area (TPSA) is 69.9 Å². The molecule has 1 aliphatic heterocycles. The largest absolute Gasteiger partial charge is 0.393 e. The van der Waals surface area contributed by atoms with E-state index in [0.717, 1.165) is 44.1 Å². The van der Waals surface area contributed by atoms with Gasteiger partial charge in [0.25, 0.3) is 0 Å².